The summed E-state index contributed by atoms with van der Waals surface area (Å²) in [7, 11) is 4.29. The van der Waals surface area contributed by atoms with Crippen LogP contribution in [0.5, 0.6) is 0 Å². The highest BCUT2D eigenvalue weighted by atomic mass is 79.9. The Hall–Kier alpha value is -0.380. The molecule has 1 fully saturated rings. The van der Waals surface area contributed by atoms with Gasteiger partial charge in [-0.15, -0.1) is 0 Å². The van der Waals surface area contributed by atoms with Crippen LogP contribution in [0.4, 0.5) is 0 Å². The Kier molecular flexibility index (Phi) is 3.91. The van der Waals surface area contributed by atoms with E-state index in [0.717, 1.165) is 13.1 Å². The van der Waals surface area contributed by atoms with E-state index in [2.05, 4.69) is 65.4 Å². The summed E-state index contributed by atoms with van der Waals surface area (Å²) >= 11 is 3.57. The fraction of sp³-hybridized carbons (Fsp3) is 0.571. The molecule has 0 saturated carbocycles. The minimum Gasteiger partial charge on any atom is -0.310 e. The molecule has 2 nitrogen and oxygen atoms in total. The molecule has 1 heterocycles. The van der Waals surface area contributed by atoms with Gasteiger partial charge in [0.1, 0.15) is 0 Å². The van der Waals surface area contributed by atoms with Crippen LogP contribution in [-0.4, -0.2) is 32.1 Å². The van der Waals surface area contributed by atoms with E-state index in [4.69, 9.17) is 0 Å². The van der Waals surface area contributed by atoms with Gasteiger partial charge < -0.3 is 10.2 Å². The normalized spacial score (nSPS) is 20.5. The minimum absolute atomic E-state index is 0.165. The van der Waals surface area contributed by atoms with Gasteiger partial charge in [0.25, 0.3) is 0 Å². The Morgan fingerprint density at radius 2 is 1.94 bits per heavy atom. The summed E-state index contributed by atoms with van der Waals surface area (Å²) in [4.78, 5) is 2.40. The van der Waals surface area contributed by atoms with Crippen molar-refractivity contribution in [3.8, 4) is 0 Å². The van der Waals surface area contributed by atoms with Crippen LogP contribution in [0.15, 0.2) is 22.7 Å². The van der Waals surface area contributed by atoms with Crippen LogP contribution in [0.3, 0.4) is 0 Å². The van der Waals surface area contributed by atoms with Crippen molar-refractivity contribution < 1.29 is 0 Å². The molecule has 0 aliphatic carbocycles. The van der Waals surface area contributed by atoms with Crippen molar-refractivity contribution in [3.63, 3.8) is 0 Å². The largest absolute Gasteiger partial charge is 0.310 e. The fourth-order valence-corrected chi connectivity index (χ4v) is 2.87. The lowest BCUT2D eigenvalue weighted by Crippen LogP contribution is -2.48. The average Bonchev–Trinajstić information content (AvgIpc) is 2.34. The van der Waals surface area contributed by atoms with Gasteiger partial charge in [0.2, 0.25) is 0 Å². The minimum atomic E-state index is 0.165. The molecule has 17 heavy (non-hydrogen) atoms. The molecule has 2 rings (SSSR count). The third-order valence-electron chi connectivity index (χ3n) is 4.03. The smallest absolute Gasteiger partial charge is 0.0456 e. The van der Waals surface area contributed by atoms with Gasteiger partial charge in [-0.1, -0.05) is 28.1 Å². The summed E-state index contributed by atoms with van der Waals surface area (Å²) < 4.78 is 1.19. The Labute approximate surface area is 113 Å². The molecule has 0 radical (unpaired) electrons. The number of nitrogens with one attached hydrogen (secondary N) is 1. The quantitative estimate of drug-likeness (QED) is 0.903. The highest BCUT2D eigenvalue weighted by molar-refractivity contribution is 9.10. The first kappa shape index (κ1) is 13.1. The molecule has 0 aromatic heterocycles. The number of benzene rings is 1. The predicted molar refractivity (Wildman–Crippen MR) is 76.3 cm³/mol. The molecule has 1 N–H and O–H groups in total. The molecule has 0 spiro atoms. The first-order chi connectivity index (χ1) is 8.07. The molecule has 0 bridgehead atoms. The summed E-state index contributed by atoms with van der Waals surface area (Å²) in [6.45, 7) is 4.48. The summed E-state index contributed by atoms with van der Waals surface area (Å²) in [6.07, 6.45) is 2.36. The number of piperidine rings is 1. The number of hydrogen-bond donors (Lipinski definition) is 1. The van der Waals surface area contributed by atoms with E-state index in [1.807, 2.05) is 0 Å². The van der Waals surface area contributed by atoms with E-state index >= 15 is 0 Å². The highest BCUT2D eigenvalue weighted by Gasteiger charge is 2.33. The van der Waals surface area contributed by atoms with Crippen molar-refractivity contribution in [1.82, 2.24) is 10.2 Å². The summed E-state index contributed by atoms with van der Waals surface area (Å²) in [5.41, 5.74) is 2.91. The SMILES string of the molecule is CNC1(c2ccc(Br)c(C)c2)CCN(C)CC1. The van der Waals surface area contributed by atoms with Crippen LogP contribution >= 0.6 is 15.9 Å². The zero-order valence-electron chi connectivity index (χ0n) is 10.9. The third-order valence-corrected chi connectivity index (χ3v) is 4.92. The van der Waals surface area contributed by atoms with E-state index in [-0.39, 0.29) is 5.54 Å². The summed E-state index contributed by atoms with van der Waals surface area (Å²) in [5, 5.41) is 3.56. The van der Waals surface area contributed by atoms with Gasteiger partial charge in [0.15, 0.2) is 0 Å². The Bertz CT molecular complexity index is 395. The van der Waals surface area contributed by atoms with Gasteiger partial charge >= 0.3 is 0 Å². The van der Waals surface area contributed by atoms with Crippen molar-refractivity contribution in [1.29, 1.82) is 0 Å². The van der Waals surface area contributed by atoms with Crippen molar-refractivity contribution >= 4 is 15.9 Å². The first-order valence-corrected chi connectivity index (χ1v) is 7.01. The standard InChI is InChI=1S/C14H21BrN2/c1-11-10-12(4-5-13(11)15)14(16-2)6-8-17(3)9-7-14/h4-5,10,16H,6-9H2,1-3H3. The van der Waals surface area contributed by atoms with Crippen LogP contribution in [0.2, 0.25) is 0 Å². The van der Waals surface area contributed by atoms with Crippen LogP contribution in [0.25, 0.3) is 0 Å². The number of rotatable bonds is 2. The van der Waals surface area contributed by atoms with E-state index in [1.54, 1.807) is 0 Å². The van der Waals surface area contributed by atoms with Gasteiger partial charge in [-0.2, -0.15) is 0 Å². The topological polar surface area (TPSA) is 15.3 Å². The van der Waals surface area contributed by atoms with Gasteiger partial charge in [0, 0.05) is 10.0 Å². The van der Waals surface area contributed by atoms with Crippen LogP contribution in [0, 0.1) is 6.92 Å². The molecular weight excluding hydrogens is 276 g/mol. The molecule has 1 aliphatic rings. The molecule has 0 atom stereocenters. The molecule has 1 aliphatic heterocycles. The second-order valence-corrected chi connectivity index (χ2v) is 5.95. The van der Waals surface area contributed by atoms with Crippen molar-refractivity contribution in [3.05, 3.63) is 33.8 Å². The average molecular weight is 297 g/mol. The third kappa shape index (κ3) is 2.56. The van der Waals surface area contributed by atoms with Gasteiger partial charge in [0.05, 0.1) is 0 Å². The monoisotopic (exact) mass is 296 g/mol. The molecule has 3 heteroatoms. The van der Waals surface area contributed by atoms with E-state index in [1.165, 1.54) is 28.4 Å². The Balaban J connectivity index is 2.31. The van der Waals surface area contributed by atoms with Crippen molar-refractivity contribution in [2.24, 2.45) is 0 Å². The molecule has 94 valence electrons. The molecule has 0 amide bonds. The second kappa shape index (κ2) is 5.09. The maximum atomic E-state index is 3.57. The Morgan fingerprint density at radius 1 is 1.29 bits per heavy atom. The second-order valence-electron chi connectivity index (χ2n) is 5.10. The lowest BCUT2D eigenvalue weighted by Gasteiger charge is -2.41. The number of nitrogens with zero attached hydrogens (tertiary/aromatic N) is 1. The fourth-order valence-electron chi connectivity index (χ4n) is 2.63. The molecule has 0 unspecified atom stereocenters. The summed E-state index contributed by atoms with van der Waals surface area (Å²) in [5.74, 6) is 0. The van der Waals surface area contributed by atoms with Crippen LogP contribution in [0.1, 0.15) is 24.0 Å². The Morgan fingerprint density at radius 3 is 2.47 bits per heavy atom. The lowest BCUT2D eigenvalue weighted by atomic mass is 9.80. The first-order valence-electron chi connectivity index (χ1n) is 6.21. The van der Waals surface area contributed by atoms with E-state index < -0.39 is 0 Å². The molecule has 1 saturated heterocycles. The zero-order chi connectivity index (χ0) is 12.5. The van der Waals surface area contributed by atoms with E-state index in [9.17, 15) is 0 Å². The maximum Gasteiger partial charge on any atom is 0.0456 e. The number of aryl methyl sites for hydroxylation is 1. The zero-order valence-corrected chi connectivity index (χ0v) is 12.5. The van der Waals surface area contributed by atoms with Gasteiger partial charge in [-0.25, -0.2) is 0 Å². The van der Waals surface area contributed by atoms with Crippen LogP contribution in [-0.2, 0) is 5.54 Å². The molecule has 1 aromatic rings. The van der Waals surface area contributed by atoms with Gasteiger partial charge in [-0.3, -0.25) is 0 Å². The highest BCUT2D eigenvalue weighted by Crippen LogP contribution is 2.33. The van der Waals surface area contributed by atoms with Crippen molar-refractivity contribution in [2.45, 2.75) is 25.3 Å². The predicted octanol–water partition coefficient (Wildman–Crippen LogP) is 2.90. The van der Waals surface area contributed by atoms with Gasteiger partial charge in [-0.05, 0) is 64.1 Å². The number of likely N-dealkylation sites (tertiary alicyclic amines) is 1. The van der Waals surface area contributed by atoms with Crippen LogP contribution < -0.4 is 5.32 Å². The summed E-state index contributed by atoms with van der Waals surface area (Å²) in [6, 6.07) is 6.73. The van der Waals surface area contributed by atoms with Crippen molar-refractivity contribution in [2.75, 3.05) is 27.2 Å². The van der Waals surface area contributed by atoms with E-state index in [0.29, 0.717) is 0 Å². The molecule has 1 aromatic carbocycles. The number of halogens is 1. The number of hydrogen-bond acceptors (Lipinski definition) is 2. The maximum absolute atomic E-state index is 3.57. The lowest BCUT2D eigenvalue weighted by molar-refractivity contribution is 0.164. The molecular formula is C14H21BrN2.